The Morgan fingerprint density at radius 2 is 1.13 bits per heavy atom. The standard InChI is InChI=1S/C60H82N6O12/c1-6-7-8-9-10-11-12-13-14-15-16-17-18-19-23-36-64(41-48-39-50(74-4)55(77-48)65-37-34-52(67)62-58(65)70)57(69)61-40-49-51(78-56(54(49)75-5)66-38-35-53(68)63-59(66)71)42-76-60(43-24-21-20-22-25-43,44-26-30-46(72-2)31-27-44)45-28-32-47(73-3)33-29-45/h20-22,24-35,37-38,48-51,54-56H,6-19,23,36,39-42H2,1-5H3,(H,61,69)(H,62,67,70)(H,63,68,71)/t48-,49-,50-,51-,54-,55-,56-/m1/s1. The lowest BCUT2D eigenvalue weighted by atomic mass is 9.80. The minimum atomic E-state index is -1.23. The summed E-state index contributed by atoms with van der Waals surface area (Å²) in [5.41, 5.74) is -1.20. The van der Waals surface area contributed by atoms with Gasteiger partial charge in [-0.05, 0) is 47.4 Å². The van der Waals surface area contributed by atoms with E-state index in [4.69, 9.17) is 33.2 Å². The molecule has 0 bridgehead atoms. The molecule has 7 atom stereocenters. The maximum absolute atomic E-state index is 14.8. The molecule has 5 aromatic rings. The second-order valence-electron chi connectivity index (χ2n) is 20.5. The zero-order chi connectivity index (χ0) is 55.3. The maximum Gasteiger partial charge on any atom is 0.330 e. The molecule has 7 rings (SSSR count). The average molecular weight is 1080 g/mol. The smallest absolute Gasteiger partial charge is 0.330 e. The fraction of sp³-hybridized carbons (Fsp3) is 0.550. The lowest BCUT2D eigenvalue weighted by molar-refractivity contribution is -0.0928. The van der Waals surface area contributed by atoms with Gasteiger partial charge in [-0.25, -0.2) is 14.4 Å². The summed E-state index contributed by atoms with van der Waals surface area (Å²) in [5, 5.41) is 3.21. The fourth-order valence-electron chi connectivity index (χ4n) is 11.0. The zero-order valence-electron chi connectivity index (χ0n) is 46.2. The molecule has 2 aliphatic heterocycles. The summed E-state index contributed by atoms with van der Waals surface area (Å²) in [7, 11) is 6.29. The van der Waals surface area contributed by atoms with Gasteiger partial charge in [0.1, 0.15) is 29.3 Å². The van der Waals surface area contributed by atoms with Crippen molar-refractivity contribution in [1.82, 2.24) is 29.3 Å². The molecular weight excluding hydrogens is 997 g/mol. The van der Waals surface area contributed by atoms with Gasteiger partial charge in [0.2, 0.25) is 0 Å². The number of H-pyrrole nitrogens is 2. The SMILES string of the molecule is CCCCCCCCCCCCCCCCCN(C[C@H]1C[C@@H](OC)[C@H](n2ccc(=O)[nH]c2=O)O1)C(=O)NC[C@H]1[C@@H](OC)[C@H](n2ccc(=O)[nH]c2=O)O[C@@H]1COC(c1ccccc1)(c1ccc(OC)cc1)c1ccc(OC)cc1. The number of urea groups is 1. The van der Waals surface area contributed by atoms with E-state index in [2.05, 4.69) is 22.2 Å². The van der Waals surface area contributed by atoms with Gasteiger partial charge >= 0.3 is 17.4 Å². The first-order valence-corrected chi connectivity index (χ1v) is 28.0. The zero-order valence-corrected chi connectivity index (χ0v) is 46.2. The Morgan fingerprint density at radius 3 is 1.62 bits per heavy atom. The molecule has 2 fully saturated rings. The minimum absolute atomic E-state index is 0.0420. The Balaban J connectivity index is 1.11. The molecule has 3 aromatic carbocycles. The molecule has 0 unspecified atom stereocenters. The van der Waals surface area contributed by atoms with Crippen LogP contribution in [0.25, 0.3) is 0 Å². The number of aromatic nitrogens is 4. The maximum atomic E-state index is 14.8. The van der Waals surface area contributed by atoms with E-state index in [1.165, 1.54) is 111 Å². The number of nitrogens with zero attached hydrogens (tertiary/aromatic N) is 3. The molecule has 424 valence electrons. The van der Waals surface area contributed by atoms with Gasteiger partial charge < -0.3 is 43.4 Å². The topological polar surface area (TPSA) is 207 Å². The minimum Gasteiger partial charge on any atom is -0.497 e. The van der Waals surface area contributed by atoms with Crippen LogP contribution in [0.15, 0.2) is 123 Å². The molecule has 0 spiro atoms. The first-order chi connectivity index (χ1) is 38.0. The number of ether oxygens (including phenoxy) is 7. The normalized spacial score (nSPS) is 20.2. The summed E-state index contributed by atoms with van der Waals surface area (Å²) in [4.78, 5) is 71.8. The van der Waals surface area contributed by atoms with Crippen molar-refractivity contribution in [3.8, 4) is 11.5 Å². The molecule has 0 aliphatic carbocycles. The molecule has 3 N–H and O–H groups in total. The predicted molar refractivity (Wildman–Crippen MR) is 298 cm³/mol. The summed E-state index contributed by atoms with van der Waals surface area (Å²) in [6.07, 6.45) is 16.8. The quantitative estimate of drug-likeness (QED) is 0.0273. The lowest BCUT2D eigenvalue weighted by Crippen LogP contribution is -2.48. The van der Waals surface area contributed by atoms with Gasteiger partial charge in [-0.1, -0.05) is 151 Å². The van der Waals surface area contributed by atoms with Crippen LogP contribution in [0, 0.1) is 5.92 Å². The Bertz CT molecular complexity index is 2770. The fourth-order valence-corrected chi connectivity index (χ4v) is 11.0. The van der Waals surface area contributed by atoms with Gasteiger partial charge in [0, 0.05) is 70.7 Å². The van der Waals surface area contributed by atoms with Crippen LogP contribution in [0.1, 0.15) is 139 Å². The van der Waals surface area contributed by atoms with E-state index in [1.807, 2.05) is 78.9 Å². The van der Waals surface area contributed by atoms with Crippen LogP contribution in [0.3, 0.4) is 0 Å². The molecule has 2 aromatic heterocycles. The van der Waals surface area contributed by atoms with Crippen molar-refractivity contribution in [2.24, 2.45) is 5.92 Å². The summed E-state index contributed by atoms with van der Waals surface area (Å²) in [5.74, 6) is 0.726. The number of hydrogen-bond acceptors (Lipinski definition) is 12. The van der Waals surface area contributed by atoms with Crippen molar-refractivity contribution in [3.63, 3.8) is 0 Å². The highest BCUT2D eigenvalue weighted by atomic mass is 16.6. The first kappa shape index (κ1) is 59.4. The van der Waals surface area contributed by atoms with Gasteiger partial charge in [-0.3, -0.25) is 28.7 Å². The number of methoxy groups -OCH3 is 4. The summed E-state index contributed by atoms with van der Waals surface area (Å²) in [6, 6.07) is 27.4. The highest BCUT2D eigenvalue weighted by Crippen LogP contribution is 2.44. The van der Waals surface area contributed by atoms with Crippen molar-refractivity contribution in [1.29, 1.82) is 0 Å². The van der Waals surface area contributed by atoms with E-state index in [1.54, 1.807) is 26.2 Å². The van der Waals surface area contributed by atoms with Crippen LogP contribution in [0.5, 0.6) is 11.5 Å². The number of aromatic amines is 2. The number of benzene rings is 3. The molecule has 2 aliphatic rings. The summed E-state index contributed by atoms with van der Waals surface area (Å²) >= 11 is 0. The third-order valence-electron chi connectivity index (χ3n) is 15.3. The Morgan fingerprint density at radius 1 is 0.628 bits per heavy atom. The molecule has 2 saturated heterocycles. The van der Waals surface area contributed by atoms with Crippen LogP contribution in [0.4, 0.5) is 4.79 Å². The molecule has 78 heavy (non-hydrogen) atoms. The monoisotopic (exact) mass is 1080 g/mol. The number of carbonyl (C=O) groups is 1. The van der Waals surface area contributed by atoms with E-state index in [9.17, 15) is 24.0 Å². The van der Waals surface area contributed by atoms with Crippen molar-refractivity contribution < 1.29 is 38.0 Å². The number of hydrogen-bond donors (Lipinski definition) is 3. The third kappa shape index (κ3) is 15.5. The van der Waals surface area contributed by atoms with Gasteiger partial charge in [-0.2, -0.15) is 0 Å². The molecule has 18 heteroatoms. The molecule has 0 radical (unpaired) electrons. The molecule has 4 heterocycles. The Kier molecular flexibility index (Phi) is 23.0. The largest absolute Gasteiger partial charge is 0.497 e. The average Bonchev–Trinajstić information content (AvgIpc) is 4.16. The van der Waals surface area contributed by atoms with Gasteiger partial charge in [0.25, 0.3) is 11.1 Å². The number of unbranched alkanes of at least 4 members (excludes halogenated alkanes) is 14. The number of nitrogens with one attached hydrogen (secondary N) is 3. The second-order valence-corrected chi connectivity index (χ2v) is 20.5. The molecular formula is C60H82N6O12. The summed E-state index contributed by atoms with van der Waals surface area (Å²) in [6.45, 7) is 2.87. The third-order valence-corrected chi connectivity index (χ3v) is 15.3. The van der Waals surface area contributed by atoms with Crippen molar-refractivity contribution in [3.05, 3.63) is 162 Å². The van der Waals surface area contributed by atoms with Crippen molar-refractivity contribution in [2.45, 2.75) is 152 Å². The van der Waals surface area contributed by atoms with Crippen LogP contribution >= 0.6 is 0 Å². The van der Waals surface area contributed by atoms with Gasteiger partial charge in [0.15, 0.2) is 12.5 Å². The van der Waals surface area contributed by atoms with Crippen LogP contribution in [-0.4, -0.2) is 109 Å². The highest BCUT2D eigenvalue weighted by molar-refractivity contribution is 5.74. The van der Waals surface area contributed by atoms with Crippen LogP contribution in [0.2, 0.25) is 0 Å². The molecule has 0 saturated carbocycles. The highest BCUT2D eigenvalue weighted by Gasteiger charge is 2.49. The molecule has 2 amide bonds. The Labute approximate surface area is 457 Å². The predicted octanol–water partition coefficient (Wildman–Crippen LogP) is 8.83. The number of rotatable bonds is 32. The van der Waals surface area contributed by atoms with Crippen LogP contribution in [-0.2, 0) is 29.3 Å². The van der Waals surface area contributed by atoms with Gasteiger partial charge in [-0.15, -0.1) is 0 Å². The lowest BCUT2D eigenvalue weighted by Gasteiger charge is -2.37. The summed E-state index contributed by atoms with van der Waals surface area (Å²) < 4.78 is 46.3. The first-order valence-electron chi connectivity index (χ1n) is 28.0. The van der Waals surface area contributed by atoms with Gasteiger partial charge in [0.05, 0.1) is 33.0 Å². The second kappa shape index (κ2) is 30.2. The van der Waals surface area contributed by atoms with E-state index in [-0.39, 0.29) is 25.7 Å². The van der Waals surface area contributed by atoms with Crippen molar-refractivity contribution in [2.75, 3.05) is 54.7 Å². The Hall–Kier alpha value is -6.31. The number of amides is 2. The number of carbonyl (C=O) groups excluding carboxylic acids is 1. The molecule has 18 nitrogen and oxygen atoms in total. The van der Waals surface area contributed by atoms with Crippen LogP contribution < -0.4 is 37.3 Å². The van der Waals surface area contributed by atoms with E-state index < -0.39 is 70.9 Å². The van der Waals surface area contributed by atoms with E-state index in [0.29, 0.717) is 24.5 Å². The van der Waals surface area contributed by atoms with Crippen molar-refractivity contribution >= 4 is 6.03 Å². The van der Waals surface area contributed by atoms with E-state index >= 15 is 0 Å². The van der Waals surface area contributed by atoms with E-state index in [0.717, 1.165) is 42.4 Å².